The second-order valence-corrected chi connectivity index (χ2v) is 7.82. The number of amides is 2. The lowest BCUT2D eigenvalue weighted by atomic mass is 10.3. The lowest BCUT2D eigenvalue weighted by molar-refractivity contribution is -0.138. The van der Waals surface area contributed by atoms with E-state index in [1.165, 1.54) is 25.1 Å². The molecule has 0 atom stereocenters. The van der Waals surface area contributed by atoms with Gasteiger partial charge < -0.3 is 19.3 Å². The molecule has 1 N–H and O–H groups in total. The van der Waals surface area contributed by atoms with E-state index in [4.69, 9.17) is 9.47 Å². The number of rotatable bonds is 5. The van der Waals surface area contributed by atoms with Crippen molar-refractivity contribution in [2.75, 3.05) is 39.5 Å². The van der Waals surface area contributed by atoms with Crippen LogP contribution >= 0.6 is 0 Å². The maximum atomic E-state index is 12.3. The van der Waals surface area contributed by atoms with Gasteiger partial charge in [-0.1, -0.05) is 0 Å². The summed E-state index contributed by atoms with van der Waals surface area (Å²) in [5.41, 5.74) is 0. The van der Waals surface area contributed by atoms with E-state index in [-0.39, 0.29) is 36.5 Å². The van der Waals surface area contributed by atoms with E-state index < -0.39 is 10.0 Å². The quantitative estimate of drug-likeness (QED) is 0.753. The zero-order valence-electron chi connectivity index (χ0n) is 14.4. The Hall–Kier alpha value is -2.33. The average molecular weight is 383 g/mol. The molecule has 0 aromatic heterocycles. The van der Waals surface area contributed by atoms with Gasteiger partial charge in [-0.2, -0.15) is 0 Å². The number of nitrogens with one attached hydrogen (secondary N) is 1. The molecule has 1 saturated heterocycles. The predicted molar refractivity (Wildman–Crippen MR) is 91.2 cm³/mol. The second kappa shape index (κ2) is 7.50. The number of piperazine rings is 1. The van der Waals surface area contributed by atoms with Gasteiger partial charge in [-0.15, -0.1) is 0 Å². The van der Waals surface area contributed by atoms with E-state index in [2.05, 4.69) is 4.72 Å². The molecule has 0 spiro atoms. The standard InChI is InChI=1S/C16H21N3O6S/c1-12(20)18-6-8-19(9-7-18)16(21)4-5-17-26(22,23)13-2-3-14-15(10-13)25-11-24-14/h2-3,10,17H,4-9,11H2,1H3. The summed E-state index contributed by atoms with van der Waals surface area (Å²) in [6.07, 6.45) is 0.0594. The smallest absolute Gasteiger partial charge is 0.240 e. The van der Waals surface area contributed by atoms with Crippen molar-refractivity contribution in [3.63, 3.8) is 0 Å². The molecule has 0 radical (unpaired) electrons. The Morgan fingerprint density at radius 1 is 1.08 bits per heavy atom. The molecule has 2 heterocycles. The first-order valence-electron chi connectivity index (χ1n) is 8.29. The number of ether oxygens (including phenoxy) is 2. The van der Waals surface area contributed by atoms with Gasteiger partial charge in [0.1, 0.15) is 0 Å². The van der Waals surface area contributed by atoms with Crippen LogP contribution in [-0.2, 0) is 19.6 Å². The Kier molecular flexibility index (Phi) is 5.33. The van der Waals surface area contributed by atoms with E-state index in [1.807, 2.05) is 0 Å². The molecule has 0 bridgehead atoms. The van der Waals surface area contributed by atoms with Crippen molar-refractivity contribution in [3.8, 4) is 11.5 Å². The molecule has 10 heteroatoms. The number of carbonyl (C=O) groups is 2. The van der Waals surface area contributed by atoms with Crippen LogP contribution in [0.5, 0.6) is 11.5 Å². The van der Waals surface area contributed by atoms with Gasteiger partial charge >= 0.3 is 0 Å². The highest BCUT2D eigenvalue weighted by atomic mass is 32.2. The second-order valence-electron chi connectivity index (χ2n) is 6.05. The van der Waals surface area contributed by atoms with Gasteiger partial charge in [0.2, 0.25) is 28.6 Å². The summed E-state index contributed by atoms with van der Waals surface area (Å²) >= 11 is 0. The first-order chi connectivity index (χ1) is 12.4. The first kappa shape index (κ1) is 18.5. The predicted octanol–water partition coefficient (Wildman–Crippen LogP) is -0.226. The number of fused-ring (bicyclic) bond motifs is 1. The maximum Gasteiger partial charge on any atom is 0.240 e. The van der Waals surface area contributed by atoms with Crippen molar-refractivity contribution < 1.29 is 27.5 Å². The highest BCUT2D eigenvalue weighted by molar-refractivity contribution is 7.89. The SMILES string of the molecule is CC(=O)N1CCN(C(=O)CCNS(=O)(=O)c2ccc3c(c2)OCO3)CC1. The van der Waals surface area contributed by atoms with Crippen LogP contribution in [0.4, 0.5) is 0 Å². The number of nitrogens with zero attached hydrogens (tertiary/aromatic N) is 2. The Bertz CT molecular complexity index is 802. The summed E-state index contributed by atoms with van der Waals surface area (Å²) in [6, 6.07) is 4.36. The van der Waals surface area contributed by atoms with E-state index in [0.29, 0.717) is 37.7 Å². The monoisotopic (exact) mass is 383 g/mol. The minimum absolute atomic E-state index is 0.00251. The van der Waals surface area contributed by atoms with Crippen LogP contribution in [-0.4, -0.2) is 69.5 Å². The summed E-state index contributed by atoms with van der Waals surface area (Å²) in [5, 5.41) is 0. The lowest BCUT2D eigenvalue weighted by Gasteiger charge is -2.34. The Morgan fingerprint density at radius 2 is 1.73 bits per heavy atom. The van der Waals surface area contributed by atoms with Gasteiger partial charge in [0.25, 0.3) is 0 Å². The minimum atomic E-state index is -3.74. The molecule has 0 unspecified atom stereocenters. The average Bonchev–Trinajstić information content (AvgIpc) is 3.09. The molecule has 2 aliphatic rings. The van der Waals surface area contributed by atoms with Gasteiger partial charge in [0, 0.05) is 52.1 Å². The fourth-order valence-electron chi connectivity index (χ4n) is 2.85. The largest absolute Gasteiger partial charge is 0.454 e. The fraction of sp³-hybridized carbons (Fsp3) is 0.500. The zero-order chi connectivity index (χ0) is 18.7. The zero-order valence-corrected chi connectivity index (χ0v) is 15.3. The van der Waals surface area contributed by atoms with Crippen molar-refractivity contribution in [2.24, 2.45) is 0 Å². The summed E-state index contributed by atoms with van der Waals surface area (Å²) in [5.74, 6) is 0.742. The Balaban J connectivity index is 1.49. The number of carbonyl (C=O) groups excluding carboxylic acids is 2. The summed E-state index contributed by atoms with van der Waals surface area (Å²) in [7, 11) is -3.74. The van der Waals surface area contributed by atoms with E-state index in [9.17, 15) is 18.0 Å². The summed E-state index contributed by atoms with van der Waals surface area (Å²) in [6.45, 7) is 3.51. The molecular weight excluding hydrogens is 362 g/mol. The number of hydrogen-bond acceptors (Lipinski definition) is 6. The molecule has 2 aliphatic heterocycles. The van der Waals surface area contributed by atoms with Crippen molar-refractivity contribution in [1.29, 1.82) is 0 Å². The highest BCUT2D eigenvalue weighted by Gasteiger charge is 2.23. The van der Waals surface area contributed by atoms with Crippen molar-refractivity contribution >= 4 is 21.8 Å². The number of sulfonamides is 1. The van der Waals surface area contributed by atoms with Gasteiger partial charge in [0.05, 0.1) is 4.90 Å². The van der Waals surface area contributed by atoms with Gasteiger partial charge in [-0.3, -0.25) is 9.59 Å². The number of hydrogen-bond donors (Lipinski definition) is 1. The molecule has 0 saturated carbocycles. The van der Waals surface area contributed by atoms with Crippen LogP contribution in [0.25, 0.3) is 0 Å². The molecule has 26 heavy (non-hydrogen) atoms. The van der Waals surface area contributed by atoms with Crippen LogP contribution in [0, 0.1) is 0 Å². The van der Waals surface area contributed by atoms with Gasteiger partial charge in [-0.25, -0.2) is 13.1 Å². The molecular formula is C16H21N3O6S. The van der Waals surface area contributed by atoms with Crippen LogP contribution in [0.15, 0.2) is 23.1 Å². The normalized spacial score (nSPS) is 16.7. The summed E-state index contributed by atoms with van der Waals surface area (Å²) < 4.78 is 37.4. The lowest BCUT2D eigenvalue weighted by Crippen LogP contribution is -2.50. The molecule has 1 aromatic carbocycles. The van der Waals surface area contributed by atoms with Crippen molar-refractivity contribution in [3.05, 3.63) is 18.2 Å². The fourth-order valence-corrected chi connectivity index (χ4v) is 3.90. The third-order valence-electron chi connectivity index (χ3n) is 4.36. The third kappa shape index (κ3) is 4.07. The van der Waals surface area contributed by atoms with Crippen LogP contribution < -0.4 is 14.2 Å². The molecule has 1 fully saturated rings. The maximum absolute atomic E-state index is 12.3. The number of benzene rings is 1. The molecule has 2 amide bonds. The molecule has 9 nitrogen and oxygen atoms in total. The highest BCUT2D eigenvalue weighted by Crippen LogP contribution is 2.33. The summed E-state index contributed by atoms with van der Waals surface area (Å²) in [4.78, 5) is 26.9. The van der Waals surface area contributed by atoms with Crippen LogP contribution in [0.1, 0.15) is 13.3 Å². The Morgan fingerprint density at radius 3 is 2.42 bits per heavy atom. The first-order valence-corrected chi connectivity index (χ1v) is 9.78. The van der Waals surface area contributed by atoms with Crippen molar-refractivity contribution in [1.82, 2.24) is 14.5 Å². The topological polar surface area (TPSA) is 105 Å². The Labute approximate surface area is 151 Å². The van der Waals surface area contributed by atoms with Gasteiger partial charge in [-0.05, 0) is 12.1 Å². The van der Waals surface area contributed by atoms with E-state index >= 15 is 0 Å². The third-order valence-corrected chi connectivity index (χ3v) is 5.82. The van der Waals surface area contributed by atoms with Crippen LogP contribution in [0.2, 0.25) is 0 Å². The minimum Gasteiger partial charge on any atom is -0.454 e. The molecule has 142 valence electrons. The molecule has 3 rings (SSSR count). The molecule has 0 aliphatic carbocycles. The van der Waals surface area contributed by atoms with Gasteiger partial charge in [0.15, 0.2) is 11.5 Å². The van der Waals surface area contributed by atoms with Crippen molar-refractivity contribution in [2.45, 2.75) is 18.2 Å². The van der Waals surface area contributed by atoms with Crippen LogP contribution in [0.3, 0.4) is 0 Å². The van der Waals surface area contributed by atoms with E-state index in [0.717, 1.165) is 0 Å². The molecule has 1 aromatic rings. The van der Waals surface area contributed by atoms with E-state index in [1.54, 1.807) is 9.80 Å².